The summed E-state index contributed by atoms with van der Waals surface area (Å²) in [4.78, 5) is 0. The van der Waals surface area contributed by atoms with Crippen molar-refractivity contribution >= 4 is 25.8 Å². The SMILES string of the molecule is CCS(=O)(=O)CCNCc1ccc(Br)cc1F. The molecule has 1 N–H and O–H groups in total. The smallest absolute Gasteiger partial charge is 0.151 e. The van der Waals surface area contributed by atoms with Crippen molar-refractivity contribution in [1.29, 1.82) is 0 Å². The molecular weight excluding hydrogens is 309 g/mol. The summed E-state index contributed by atoms with van der Waals surface area (Å²) in [6.45, 7) is 2.29. The first kappa shape index (κ1) is 14.6. The predicted molar refractivity (Wildman–Crippen MR) is 70.1 cm³/mol. The van der Waals surface area contributed by atoms with Crippen LogP contribution < -0.4 is 5.32 Å². The fourth-order valence-corrected chi connectivity index (χ4v) is 2.34. The van der Waals surface area contributed by atoms with E-state index in [0.717, 1.165) is 0 Å². The minimum absolute atomic E-state index is 0.0850. The molecule has 0 aliphatic heterocycles. The van der Waals surface area contributed by atoms with Crippen molar-refractivity contribution in [2.45, 2.75) is 13.5 Å². The van der Waals surface area contributed by atoms with Crippen molar-refractivity contribution in [3.05, 3.63) is 34.1 Å². The molecule has 1 rings (SSSR count). The van der Waals surface area contributed by atoms with Crippen molar-refractivity contribution < 1.29 is 12.8 Å². The van der Waals surface area contributed by atoms with E-state index in [-0.39, 0.29) is 17.3 Å². The van der Waals surface area contributed by atoms with E-state index < -0.39 is 9.84 Å². The summed E-state index contributed by atoms with van der Waals surface area (Å²) in [7, 11) is -2.95. The summed E-state index contributed by atoms with van der Waals surface area (Å²) >= 11 is 3.17. The molecule has 0 atom stereocenters. The van der Waals surface area contributed by atoms with E-state index in [1.165, 1.54) is 6.07 Å². The number of sulfone groups is 1. The van der Waals surface area contributed by atoms with Gasteiger partial charge in [0, 0.05) is 28.9 Å². The number of halogens is 2. The van der Waals surface area contributed by atoms with Crippen LogP contribution in [0.25, 0.3) is 0 Å². The maximum Gasteiger partial charge on any atom is 0.151 e. The molecule has 0 heterocycles. The Morgan fingerprint density at radius 2 is 2.12 bits per heavy atom. The third kappa shape index (κ3) is 5.14. The Balaban J connectivity index is 2.41. The van der Waals surface area contributed by atoms with Gasteiger partial charge >= 0.3 is 0 Å². The van der Waals surface area contributed by atoms with Crippen molar-refractivity contribution in [2.75, 3.05) is 18.1 Å². The Bertz CT molecular complexity index is 476. The lowest BCUT2D eigenvalue weighted by Gasteiger charge is -2.06. The second kappa shape index (κ2) is 6.47. The zero-order valence-corrected chi connectivity index (χ0v) is 11.9. The van der Waals surface area contributed by atoms with Gasteiger partial charge in [-0.25, -0.2) is 12.8 Å². The summed E-state index contributed by atoms with van der Waals surface area (Å²) < 4.78 is 36.5. The third-order valence-corrected chi connectivity index (χ3v) is 4.56. The highest BCUT2D eigenvalue weighted by atomic mass is 79.9. The Morgan fingerprint density at radius 3 is 2.71 bits per heavy atom. The molecule has 0 saturated heterocycles. The van der Waals surface area contributed by atoms with Gasteiger partial charge in [0.25, 0.3) is 0 Å². The minimum Gasteiger partial charge on any atom is -0.312 e. The highest BCUT2D eigenvalue weighted by Gasteiger charge is 2.07. The average Bonchev–Trinajstić information content (AvgIpc) is 2.27. The largest absolute Gasteiger partial charge is 0.312 e. The molecule has 17 heavy (non-hydrogen) atoms. The van der Waals surface area contributed by atoms with Gasteiger partial charge in [-0.05, 0) is 12.1 Å². The zero-order valence-electron chi connectivity index (χ0n) is 9.54. The van der Waals surface area contributed by atoms with Crippen LogP contribution in [0.4, 0.5) is 4.39 Å². The Morgan fingerprint density at radius 1 is 1.41 bits per heavy atom. The molecule has 3 nitrogen and oxygen atoms in total. The van der Waals surface area contributed by atoms with Crippen LogP contribution in [0.1, 0.15) is 12.5 Å². The maximum atomic E-state index is 13.4. The first-order chi connectivity index (χ1) is 7.94. The van der Waals surface area contributed by atoms with E-state index in [4.69, 9.17) is 0 Å². The molecule has 96 valence electrons. The van der Waals surface area contributed by atoms with Crippen LogP contribution in [0, 0.1) is 5.82 Å². The molecule has 0 aliphatic carbocycles. The van der Waals surface area contributed by atoms with Crippen LogP contribution in [0.15, 0.2) is 22.7 Å². The van der Waals surface area contributed by atoms with Crippen LogP contribution in [0.2, 0.25) is 0 Å². The van der Waals surface area contributed by atoms with E-state index in [9.17, 15) is 12.8 Å². The Kier molecular flexibility index (Phi) is 5.55. The molecule has 1 aromatic carbocycles. The van der Waals surface area contributed by atoms with Crippen molar-refractivity contribution in [3.63, 3.8) is 0 Å². The highest BCUT2D eigenvalue weighted by Crippen LogP contribution is 2.14. The molecule has 0 radical (unpaired) electrons. The Labute approximate surface area is 109 Å². The number of rotatable bonds is 6. The number of benzene rings is 1. The lowest BCUT2D eigenvalue weighted by molar-refractivity contribution is 0.582. The number of hydrogen-bond acceptors (Lipinski definition) is 3. The fourth-order valence-electron chi connectivity index (χ4n) is 1.26. The summed E-state index contributed by atoms with van der Waals surface area (Å²) in [5, 5.41) is 2.92. The molecule has 0 saturated carbocycles. The maximum absolute atomic E-state index is 13.4. The van der Waals surface area contributed by atoms with Gasteiger partial charge in [-0.3, -0.25) is 0 Å². The molecular formula is C11H15BrFNO2S. The molecule has 0 aromatic heterocycles. The lowest BCUT2D eigenvalue weighted by atomic mass is 10.2. The zero-order chi connectivity index (χ0) is 12.9. The average molecular weight is 324 g/mol. The van der Waals surface area contributed by atoms with Crippen LogP contribution in [0.5, 0.6) is 0 Å². The second-order valence-electron chi connectivity index (χ2n) is 3.65. The quantitative estimate of drug-likeness (QED) is 0.816. The van der Waals surface area contributed by atoms with E-state index in [1.54, 1.807) is 19.1 Å². The van der Waals surface area contributed by atoms with E-state index in [2.05, 4.69) is 21.2 Å². The van der Waals surface area contributed by atoms with E-state index >= 15 is 0 Å². The van der Waals surface area contributed by atoms with Gasteiger partial charge in [0.1, 0.15) is 5.82 Å². The fraction of sp³-hybridized carbons (Fsp3) is 0.455. The first-order valence-corrected chi connectivity index (χ1v) is 7.91. The molecule has 0 amide bonds. The second-order valence-corrected chi connectivity index (χ2v) is 7.04. The molecule has 0 fully saturated rings. The normalized spacial score (nSPS) is 11.7. The number of nitrogens with one attached hydrogen (secondary N) is 1. The standard InChI is InChI=1S/C11H15BrFNO2S/c1-2-17(15,16)6-5-14-8-9-3-4-10(12)7-11(9)13/h3-4,7,14H,2,5-6,8H2,1H3. The molecule has 0 spiro atoms. The molecule has 1 aromatic rings. The van der Waals surface area contributed by atoms with Crippen molar-refractivity contribution in [3.8, 4) is 0 Å². The van der Waals surface area contributed by atoms with Gasteiger partial charge in [0.05, 0.1) is 5.75 Å². The summed E-state index contributed by atoms with van der Waals surface area (Å²) in [6.07, 6.45) is 0. The van der Waals surface area contributed by atoms with Gasteiger partial charge in [-0.2, -0.15) is 0 Å². The highest BCUT2D eigenvalue weighted by molar-refractivity contribution is 9.10. The topological polar surface area (TPSA) is 46.2 Å². The first-order valence-electron chi connectivity index (χ1n) is 5.29. The monoisotopic (exact) mass is 323 g/mol. The molecule has 0 unspecified atom stereocenters. The van der Waals surface area contributed by atoms with Gasteiger partial charge in [-0.1, -0.05) is 28.9 Å². The van der Waals surface area contributed by atoms with E-state index in [1.807, 2.05) is 0 Å². The van der Waals surface area contributed by atoms with Crippen LogP contribution in [0.3, 0.4) is 0 Å². The summed E-state index contributed by atoms with van der Waals surface area (Å²) in [5.41, 5.74) is 0.530. The van der Waals surface area contributed by atoms with Gasteiger partial charge < -0.3 is 5.32 Å². The molecule has 6 heteroatoms. The van der Waals surface area contributed by atoms with E-state index in [0.29, 0.717) is 23.1 Å². The van der Waals surface area contributed by atoms with Crippen LogP contribution in [-0.2, 0) is 16.4 Å². The summed E-state index contributed by atoms with van der Waals surface area (Å²) in [6, 6.07) is 4.81. The minimum atomic E-state index is -2.95. The van der Waals surface area contributed by atoms with Gasteiger partial charge in [-0.15, -0.1) is 0 Å². The van der Waals surface area contributed by atoms with Crippen molar-refractivity contribution in [1.82, 2.24) is 5.32 Å². The third-order valence-electron chi connectivity index (χ3n) is 2.36. The number of hydrogen-bond donors (Lipinski definition) is 1. The predicted octanol–water partition coefficient (Wildman–Crippen LogP) is 2.11. The van der Waals surface area contributed by atoms with Gasteiger partial charge in [0.15, 0.2) is 9.84 Å². The van der Waals surface area contributed by atoms with Gasteiger partial charge in [0.2, 0.25) is 0 Å². The van der Waals surface area contributed by atoms with Crippen molar-refractivity contribution in [2.24, 2.45) is 0 Å². The molecule has 0 bridgehead atoms. The molecule has 0 aliphatic rings. The summed E-state index contributed by atoms with van der Waals surface area (Å²) in [5.74, 6) is -0.0755. The van der Waals surface area contributed by atoms with Crippen LogP contribution in [-0.4, -0.2) is 26.5 Å². The lowest BCUT2D eigenvalue weighted by Crippen LogP contribution is -2.23. The Hall–Kier alpha value is -0.460. The van der Waals surface area contributed by atoms with Crippen LogP contribution >= 0.6 is 15.9 Å².